The van der Waals surface area contributed by atoms with Gasteiger partial charge < -0.3 is 58.7 Å². The van der Waals surface area contributed by atoms with E-state index in [1.165, 1.54) is 25.7 Å². The molecule has 0 amide bonds. The van der Waals surface area contributed by atoms with Gasteiger partial charge in [-0.1, -0.05) is 71.1 Å². The number of hydrogen-bond donors (Lipinski definition) is 5. The highest BCUT2D eigenvalue weighted by Gasteiger charge is 2.43. The molecule has 13 heteroatoms. The molecule has 5 N–H and O–H groups in total. The molecule has 0 radical (unpaired) electrons. The SMILES string of the molecule is CCCCCCCCC(O)C(CCCCCCCC(=O)OCC)OCCOCCOCCOCCOC1OC(CO)C(O)C(O)C1O. The van der Waals surface area contributed by atoms with Gasteiger partial charge in [0.1, 0.15) is 24.4 Å². The molecule has 1 rings (SSSR count). The average Bonchev–Trinajstić information content (AvgIpc) is 3.06. The number of unbranched alkanes of at least 4 members (excludes halogenated alkanes) is 9. The van der Waals surface area contributed by atoms with E-state index in [9.17, 15) is 30.3 Å². The first-order valence-corrected chi connectivity index (χ1v) is 18.0. The maximum atomic E-state index is 11.5. The quantitative estimate of drug-likeness (QED) is 0.0516. The van der Waals surface area contributed by atoms with E-state index in [2.05, 4.69) is 6.92 Å². The molecule has 0 saturated carbocycles. The molecule has 0 aliphatic carbocycles. The second kappa shape index (κ2) is 29.9. The van der Waals surface area contributed by atoms with Crippen molar-refractivity contribution in [2.75, 3.05) is 66.1 Å². The summed E-state index contributed by atoms with van der Waals surface area (Å²) in [5, 5.41) is 49.6. The van der Waals surface area contributed by atoms with E-state index in [-0.39, 0.29) is 25.3 Å². The van der Waals surface area contributed by atoms with Crippen LogP contribution in [0.15, 0.2) is 0 Å². The summed E-state index contributed by atoms with van der Waals surface area (Å²) in [5.74, 6) is -0.127. The van der Waals surface area contributed by atoms with Crippen molar-refractivity contribution in [2.45, 2.75) is 147 Å². The highest BCUT2D eigenvalue weighted by Crippen LogP contribution is 2.22. The molecule has 0 spiro atoms. The lowest BCUT2D eigenvalue weighted by atomic mass is 9.99. The van der Waals surface area contributed by atoms with Crippen molar-refractivity contribution in [1.29, 1.82) is 0 Å². The standard InChI is InChI=1S/C34H66O13/c1-3-5-6-7-9-12-15-27(36)28(16-13-10-8-11-14-17-30(37)44-4-2)45-24-22-42-20-18-41-19-21-43-23-25-46-34-33(40)32(39)31(38)29(26-35)47-34/h27-29,31-36,38-40H,3-26H2,1-2H3. The van der Waals surface area contributed by atoms with Gasteiger partial charge in [-0.3, -0.25) is 4.79 Å². The lowest BCUT2D eigenvalue weighted by Gasteiger charge is -2.39. The number of aliphatic hydroxyl groups excluding tert-OH is 5. The molecule has 1 aliphatic heterocycles. The number of hydrogen-bond acceptors (Lipinski definition) is 13. The highest BCUT2D eigenvalue weighted by atomic mass is 16.7. The largest absolute Gasteiger partial charge is 0.466 e. The predicted molar refractivity (Wildman–Crippen MR) is 175 cm³/mol. The van der Waals surface area contributed by atoms with Crippen LogP contribution >= 0.6 is 0 Å². The Hall–Kier alpha value is -0.970. The molecular weight excluding hydrogens is 616 g/mol. The molecule has 1 saturated heterocycles. The number of rotatable bonds is 32. The molecule has 47 heavy (non-hydrogen) atoms. The van der Waals surface area contributed by atoms with Gasteiger partial charge in [-0.15, -0.1) is 0 Å². The van der Waals surface area contributed by atoms with Gasteiger partial charge in [0.2, 0.25) is 0 Å². The maximum absolute atomic E-state index is 11.5. The molecule has 0 aromatic rings. The van der Waals surface area contributed by atoms with E-state index < -0.39 is 43.4 Å². The average molecular weight is 683 g/mol. The number of carbonyl (C=O) groups excluding carboxylic acids is 1. The first kappa shape index (κ1) is 44.1. The van der Waals surface area contributed by atoms with Gasteiger partial charge >= 0.3 is 5.97 Å². The molecule has 280 valence electrons. The Bertz CT molecular complexity index is 714. The summed E-state index contributed by atoms with van der Waals surface area (Å²) < 4.78 is 38.3. The van der Waals surface area contributed by atoms with Crippen LogP contribution in [0.1, 0.15) is 104 Å². The van der Waals surface area contributed by atoms with Crippen molar-refractivity contribution in [3.05, 3.63) is 0 Å². The van der Waals surface area contributed by atoms with Crippen LogP contribution in [-0.4, -0.2) is 140 Å². The minimum Gasteiger partial charge on any atom is -0.466 e. The van der Waals surface area contributed by atoms with Gasteiger partial charge in [0.15, 0.2) is 6.29 Å². The second-order valence-electron chi connectivity index (χ2n) is 12.0. The predicted octanol–water partition coefficient (Wildman–Crippen LogP) is 2.64. The molecule has 0 bridgehead atoms. The Balaban J connectivity index is 2.14. The number of aliphatic hydroxyl groups is 5. The van der Waals surface area contributed by atoms with Crippen LogP contribution in [0.2, 0.25) is 0 Å². The van der Waals surface area contributed by atoms with Gasteiger partial charge in [-0.2, -0.15) is 0 Å². The Morgan fingerprint density at radius 1 is 0.681 bits per heavy atom. The van der Waals surface area contributed by atoms with Crippen molar-refractivity contribution in [1.82, 2.24) is 0 Å². The first-order valence-electron chi connectivity index (χ1n) is 18.0. The highest BCUT2D eigenvalue weighted by molar-refractivity contribution is 5.69. The fourth-order valence-corrected chi connectivity index (χ4v) is 5.31. The van der Waals surface area contributed by atoms with Gasteiger partial charge in [-0.05, 0) is 26.2 Å². The van der Waals surface area contributed by atoms with Crippen molar-refractivity contribution >= 4 is 5.97 Å². The van der Waals surface area contributed by atoms with Crippen LogP contribution in [-0.2, 0) is 38.0 Å². The minimum atomic E-state index is -1.48. The monoisotopic (exact) mass is 682 g/mol. The summed E-state index contributed by atoms with van der Waals surface area (Å²) in [7, 11) is 0. The Labute approximate surface area is 282 Å². The van der Waals surface area contributed by atoms with Crippen molar-refractivity contribution < 1.29 is 63.5 Å². The Morgan fingerprint density at radius 3 is 1.85 bits per heavy atom. The minimum absolute atomic E-state index is 0.0809. The van der Waals surface area contributed by atoms with Gasteiger partial charge in [0.25, 0.3) is 0 Å². The normalized spacial score (nSPS) is 22.7. The molecule has 0 aromatic heterocycles. The van der Waals surface area contributed by atoms with Gasteiger partial charge in [0.05, 0.1) is 78.3 Å². The summed E-state index contributed by atoms with van der Waals surface area (Å²) in [4.78, 5) is 11.5. The summed E-state index contributed by atoms with van der Waals surface area (Å²) in [6.07, 6.45) is 6.75. The van der Waals surface area contributed by atoms with Crippen molar-refractivity contribution in [2.24, 2.45) is 0 Å². The Morgan fingerprint density at radius 2 is 1.23 bits per heavy atom. The van der Waals surface area contributed by atoms with E-state index >= 15 is 0 Å². The molecule has 13 nitrogen and oxygen atoms in total. The van der Waals surface area contributed by atoms with Crippen molar-refractivity contribution in [3.8, 4) is 0 Å². The van der Waals surface area contributed by atoms with Crippen LogP contribution in [0, 0.1) is 0 Å². The topological polar surface area (TPSA) is 183 Å². The smallest absolute Gasteiger partial charge is 0.305 e. The molecular formula is C34H66O13. The third-order valence-corrected chi connectivity index (χ3v) is 8.12. The lowest BCUT2D eigenvalue weighted by Crippen LogP contribution is -2.59. The van der Waals surface area contributed by atoms with Crippen LogP contribution in [0.4, 0.5) is 0 Å². The van der Waals surface area contributed by atoms with E-state index in [1.807, 2.05) is 6.92 Å². The molecule has 0 aromatic carbocycles. The van der Waals surface area contributed by atoms with Crippen molar-refractivity contribution in [3.63, 3.8) is 0 Å². The lowest BCUT2D eigenvalue weighted by molar-refractivity contribution is -0.302. The van der Waals surface area contributed by atoms with Crippen LogP contribution in [0.3, 0.4) is 0 Å². The summed E-state index contributed by atoms with van der Waals surface area (Å²) >= 11 is 0. The summed E-state index contributed by atoms with van der Waals surface area (Å²) in [6.45, 7) is 6.50. The second-order valence-corrected chi connectivity index (χ2v) is 12.0. The fraction of sp³-hybridized carbons (Fsp3) is 0.971. The molecule has 7 unspecified atom stereocenters. The van der Waals surface area contributed by atoms with Crippen LogP contribution < -0.4 is 0 Å². The maximum Gasteiger partial charge on any atom is 0.305 e. The van der Waals surface area contributed by atoms with E-state index in [0.29, 0.717) is 52.7 Å². The summed E-state index contributed by atoms with van der Waals surface area (Å²) in [6, 6.07) is 0. The third kappa shape index (κ3) is 21.7. The fourth-order valence-electron chi connectivity index (χ4n) is 5.31. The summed E-state index contributed by atoms with van der Waals surface area (Å²) in [5.41, 5.74) is 0. The number of esters is 1. The van der Waals surface area contributed by atoms with Crippen LogP contribution in [0.25, 0.3) is 0 Å². The third-order valence-electron chi connectivity index (χ3n) is 8.12. The number of carbonyl (C=O) groups is 1. The molecule has 1 heterocycles. The molecule has 1 fully saturated rings. The van der Waals surface area contributed by atoms with Gasteiger partial charge in [0, 0.05) is 6.42 Å². The molecule has 7 atom stereocenters. The zero-order valence-corrected chi connectivity index (χ0v) is 29.0. The zero-order valence-electron chi connectivity index (χ0n) is 29.0. The van der Waals surface area contributed by atoms with E-state index in [0.717, 1.165) is 57.8 Å². The number of ether oxygens (including phenoxy) is 7. The first-order chi connectivity index (χ1) is 22.8. The van der Waals surface area contributed by atoms with Gasteiger partial charge in [-0.25, -0.2) is 0 Å². The molecule has 1 aliphatic rings. The van der Waals surface area contributed by atoms with E-state index in [1.54, 1.807) is 0 Å². The zero-order chi connectivity index (χ0) is 34.5. The van der Waals surface area contributed by atoms with E-state index in [4.69, 9.17) is 33.2 Å². The van der Waals surface area contributed by atoms with Crippen LogP contribution in [0.5, 0.6) is 0 Å². The Kier molecular flexibility index (Phi) is 28.0.